The fourth-order valence-electron chi connectivity index (χ4n) is 2.10. The maximum Gasteiger partial charge on any atom is 0.281 e. The molecular formula is C12H19N5O3S. The van der Waals surface area contributed by atoms with Gasteiger partial charge in [0.2, 0.25) is 0 Å². The fraction of sp³-hybridized carbons (Fsp3) is 0.500. The summed E-state index contributed by atoms with van der Waals surface area (Å²) in [6, 6.07) is 3.28. The van der Waals surface area contributed by atoms with Crippen LogP contribution in [-0.2, 0) is 10.2 Å². The van der Waals surface area contributed by atoms with Crippen molar-refractivity contribution in [2.24, 2.45) is 0 Å². The van der Waals surface area contributed by atoms with Gasteiger partial charge in [-0.25, -0.2) is 4.98 Å². The maximum atomic E-state index is 12.3. The van der Waals surface area contributed by atoms with Crippen LogP contribution >= 0.6 is 0 Å². The van der Waals surface area contributed by atoms with E-state index in [2.05, 4.69) is 4.98 Å². The molecule has 0 spiro atoms. The van der Waals surface area contributed by atoms with E-state index in [9.17, 15) is 13.2 Å². The lowest BCUT2D eigenvalue weighted by Crippen LogP contribution is -2.53. The lowest BCUT2D eigenvalue weighted by Gasteiger charge is -2.35. The zero-order valence-electron chi connectivity index (χ0n) is 12.1. The lowest BCUT2D eigenvalue weighted by molar-refractivity contribution is 0.0690. The highest BCUT2D eigenvalue weighted by atomic mass is 32.2. The lowest BCUT2D eigenvalue weighted by atomic mass is 10.2. The molecule has 1 aromatic heterocycles. The molecule has 1 aliphatic heterocycles. The van der Waals surface area contributed by atoms with Gasteiger partial charge < -0.3 is 10.6 Å². The van der Waals surface area contributed by atoms with Crippen molar-refractivity contribution < 1.29 is 13.2 Å². The SMILES string of the molecule is CN(C)S(=O)(=O)N1CCN(C(=O)c2ncccc2N)CC1. The number of nitrogens with zero attached hydrogens (tertiary/aromatic N) is 4. The first kappa shape index (κ1) is 15.7. The molecular weight excluding hydrogens is 294 g/mol. The molecule has 0 saturated carbocycles. The second-order valence-corrected chi connectivity index (χ2v) is 7.07. The largest absolute Gasteiger partial charge is 0.397 e. The summed E-state index contributed by atoms with van der Waals surface area (Å²) in [5.41, 5.74) is 6.28. The fourth-order valence-corrected chi connectivity index (χ4v) is 3.19. The first-order valence-corrected chi connectivity index (χ1v) is 7.91. The molecule has 8 nitrogen and oxygen atoms in total. The van der Waals surface area contributed by atoms with Gasteiger partial charge >= 0.3 is 0 Å². The van der Waals surface area contributed by atoms with Crippen LogP contribution < -0.4 is 5.73 Å². The Morgan fingerprint density at radius 1 is 1.29 bits per heavy atom. The first-order chi connectivity index (χ1) is 9.84. The van der Waals surface area contributed by atoms with Gasteiger partial charge in [0.05, 0.1) is 5.69 Å². The second-order valence-electron chi connectivity index (χ2n) is 4.92. The molecule has 1 aliphatic rings. The van der Waals surface area contributed by atoms with Crippen molar-refractivity contribution in [3.63, 3.8) is 0 Å². The quantitative estimate of drug-likeness (QED) is 0.790. The molecule has 0 unspecified atom stereocenters. The van der Waals surface area contributed by atoms with Gasteiger partial charge in [-0.05, 0) is 12.1 Å². The molecule has 21 heavy (non-hydrogen) atoms. The predicted molar refractivity (Wildman–Crippen MR) is 78.7 cm³/mol. The first-order valence-electron chi connectivity index (χ1n) is 6.51. The molecule has 116 valence electrons. The summed E-state index contributed by atoms with van der Waals surface area (Å²) >= 11 is 0. The van der Waals surface area contributed by atoms with E-state index in [1.54, 1.807) is 17.0 Å². The normalized spacial score (nSPS) is 17.2. The zero-order valence-corrected chi connectivity index (χ0v) is 12.9. The Hall–Kier alpha value is -1.71. The predicted octanol–water partition coefficient (Wildman–Crippen LogP) is -0.772. The number of rotatable bonds is 3. The number of amides is 1. The maximum absolute atomic E-state index is 12.3. The molecule has 1 saturated heterocycles. The average Bonchev–Trinajstić information content (AvgIpc) is 2.47. The number of carbonyl (C=O) groups excluding carboxylic acids is 1. The van der Waals surface area contributed by atoms with E-state index in [1.807, 2.05) is 0 Å². The van der Waals surface area contributed by atoms with E-state index in [-0.39, 0.29) is 24.7 Å². The van der Waals surface area contributed by atoms with Gasteiger partial charge in [-0.1, -0.05) is 0 Å². The van der Waals surface area contributed by atoms with Crippen molar-refractivity contribution in [3.8, 4) is 0 Å². The van der Waals surface area contributed by atoms with Gasteiger partial charge in [-0.2, -0.15) is 17.0 Å². The topological polar surface area (TPSA) is 99.8 Å². The van der Waals surface area contributed by atoms with Crippen LogP contribution in [0.2, 0.25) is 0 Å². The molecule has 0 aliphatic carbocycles. The Labute approximate surface area is 124 Å². The third-order valence-corrected chi connectivity index (χ3v) is 5.30. The van der Waals surface area contributed by atoms with Crippen LogP contribution in [0.25, 0.3) is 0 Å². The Bertz CT molecular complexity index is 624. The molecule has 9 heteroatoms. The standard InChI is InChI=1S/C12H19N5O3S/c1-15(2)21(19,20)17-8-6-16(7-9-17)12(18)11-10(13)4-3-5-14-11/h3-5H,6-9,13H2,1-2H3. The average molecular weight is 313 g/mol. The second kappa shape index (κ2) is 5.96. The van der Waals surface area contributed by atoms with Crippen molar-refractivity contribution >= 4 is 21.8 Å². The Kier molecular flexibility index (Phi) is 4.45. The summed E-state index contributed by atoms with van der Waals surface area (Å²) < 4.78 is 26.5. The zero-order chi connectivity index (χ0) is 15.6. The van der Waals surface area contributed by atoms with E-state index in [0.717, 1.165) is 0 Å². The molecule has 0 bridgehead atoms. The third-order valence-electron chi connectivity index (χ3n) is 3.36. The third kappa shape index (κ3) is 3.14. The number of carbonyl (C=O) groups is 1. The molecule has 1 aromatic rings. The minimum Gasteiger partial charge on any atom is -0.397 e. The van der Waals surface area contributed by atoms with Crippen molar-refractivity contribution in [1.82, 2.24) is 18.5 Å². The highest BCUT2D eigenvalue weighted by Gasteiger charge is 2.31. The van der Waals surface area contributed by atoms with Gasteiger partial charge in [0.15, 0.2) is 5.69 Å². The Balaban J connectivity index is 2.05. The summed E-state index contributed by atoms with van der Waals surface area (Å²) in [4.78, 5) is 17.9. The van der Waals surface area contributed by atoms with Gasteiger partial charge in [-0.3, -0.25) is 4.79 Å². The Morgan fingerprint density at radius 3 is 2.43 bits per heavy atom. The molecule has 1 fully saturated rings. The number of hydrogen-bond donors (Lipinski definition) is 1. The summed E-state index contributed by atoms with van der Waals surface area (Å²) in [7, 11) is -0.458. The molecule has 0 atom stereocenters. The van der Waals surface area contributed by atoms with Crippen LogP contribution in [0.15, 0.2) is 18.3 Å². The molecule has 2 N–H and O–H groups in total. The van der Waals surface area contributed by atoms with Crippen molar-refractivity contribution in [1.29, 1.82) is 0 Å². The molecule has 1 amide bonds. The number of anilines is 1. The van der Waals surface area contributed by atoms with Crippen LogP contribution in [0, 0.1) is 0 Å². The summed E-state index contributed by atoms with van der Waals surface area (Å²) in [5.74, 6) is -0.269. The highest BCUT2D eigenvalue weighted by molar-refractivity contribution is 7.86. The van der Waals surface area contributed by atoms with Gasteiger partial charge in [0, 0.05) is 46.5 Å². The van der Waals surface area contributed by atoms with Gasteiger partial charge in [0.25, 0.3) is 16.1 Å². The molecule has 0 radical (unpaired) electrons. The van der Waals surface area contributed by atoms with E-state index >= 15 is 0 Å². The number of aromatic nitrogens is 1. The number of piperazine rings is 1. The number of nitrogen functional groups attached to an aromatic ring is 1. The highest BCUT2D eigenvalue weighted by Crippen LogP contribution is 2.14. The number of hydrogen-bond acceptors (Lipinski definition) is 5. The molecule has 2 heterocycles. The van der Waals surface area contributed by atoms with Crippen molar-refractivity contribution in [2.45, 2.75) is 0 Å². The van der Waals surface area contributed by atoms with Crippen LogP contribution in [0.3, 0.4) is 0 Å². The number of pyridine rings is 1. The van der Waals surface area contributed by atoms with Gasteiger partial charge in [-0.15, -0.1) is 0 Å². The van der Waals surface area contributed by atoms with Crippen LogP contribution in [0.1, 0.15) is 10.5 Å². The van der Waals surface area contributed by atoms with Crippen molar-refractivity contribution in [2.75, 3.05) is 46.0 Å². The summed E-state index contributed by atoms with van der Waals surface area (Å²) in [6.07, 6.45) is 1.51. The minimum atomic E-state index is -3.43. The van der Waals surface area contributed by atoms with E-state index in [0.29, 0.717) is 18.8 Å². The minimum absolute atomic E-state index is 0.210. The van der Waals surface area contributed by atoms with E-state index in [4.69, 9.17) is 5.73 Å². The van der Waals surface area contributed by atoms with Crippen LogP contribution in [0.5, 0.6) is 0 Å². The van der Waals surface area contributed by atoms with Crippen molar-refractivity contribution in [3.05, 3.63) is 24.0 Å². The summed E-state index contributed by atoms with van der Waals surface area (Å²) in [6.45, 7) is 1.17. The van der Waals surface area contributed by atoms with Crippen LogP contribution in [0.4, 0.5) is 5.69 Å². The van der Waals surface area contributed by atoms with E-state index < -0.39 is 10.2 Å². The monoisotopic (exact) mass is 313 g/mol. The molecule has 2 rings (SSSR count). The van der Waals surface area contributed by atoms with Crippen LogP contribution in [-0.4, -0.2) is 73.1 Å². The Morgan fingerprint density at radius 2 is 1.90 bits per heavy atom. The smallest absolute Gasteiger partial charge is 0.281 e. The number of nitrogens with two attached hydrogens (primary N) is 1. The van der Waals surface area contributed by atoms with E-state index in [1.165, 1.54) is 28.9 Å². The summed E-state index contributed by atoms with van der Waals surface area (Å²) in [5, 5.41) is 0. The molecule has 0 aromatic carbocycles. The van der Waals surface area contributed by atoms with Gasteiger partial charge in [0.1, 0.15) is 0 Å².